The van der Waals surface area contributed by atoms with Crippen LogP contribution in [0.4, 0.5) is 13.2 Å². The normalized spacial score (nSPS) is 21.4. The summed E-state index contributed by atoms with van der Waals surface area (Å²) in [5.74, 6) is -2.70. The minimum Gasteiger partial charge on any atom is -0.478 e. The Kier molecular flexibility index (Phi) is 10.1. The summed E-state index contributed by atoms with van der Waals surface area (Å²) in [6, 6.07) is 5.07. The number of amides is 1. The van der Waals surface area contributed by atoms with E-state index in [0.29, 0.717) is 23.8 Å². The maximum Gasteiger partial charge on any atom is 0.416 e. The molecule has 34 heavy (non-hydrogen) atoms. The molecule has 1 amide bonds. The zero-order valence-electron chi connectivity index (χ0n) is 19.1. The molecular formula is C24H31F3N2O5. The van der Waals surface area contributed by atoms with Crippen molar-refractivity contribution in [2.45, 2.75) is 63.2 Å². The summed E-state index contributed by atoms with van der Waals surface area (Å²) in [6.07, 6.45) is 4.76. The number of rotatable bonds is 5. The number of piperidine rings is 1. The highest BCUT2D eigenvalue weighted by Crippen LogP contribution is 2.31. The van der Waals surface area contributed by atoms with Crippen LogP contribution in [0.25, 0.3) is 0 Å². The average Bonchev–Trinajstić information content (AvgIpc) is 2.82. The van der Waals surface area contributed by atoms with Crippen molar-refractivity contribution in [2.24, 2.45) is 0 Å². The van der Waals surface area contributed by atoms with E-state index in [4.69, 9.17) is 10.2 Å². The van der Waals surface area contributed by atoms with Crippen molar-refractivity contribution in [3.8, 4) is 0 Å². The van der Waals surface area contributed by atoms with E-state index in [9.17, 15) is 27.6 Å². The molecule has 1 aliphatic heterocycles. The number of carboxylic acids is 2. The van der Waals surface area contributed by atoms with Crippen LogP contribution in [0, 0.1) is 0 Å². The first-order chi connectivity index (χ1) is 16.0. The van der Waals surface area contributed by atoms with E-state index < -0.39 is 23.7 Å². The molecule has 1 saturated carbocycles. The minimum absolute atomic E-state index is 0.136. The van der Waals surface area contributed by atoms with Crippen LogP contribution in [-0.4, -0.2) is 70.1 Å². The lowest BCUT2D eigenvalue weighted by atomic mass is 9.87. The van der Waals surface area contributed by atoms with Gasteiger partial charge in [-0.3, -0.25) is 9.69 Å². The number of carbonyl (C=O) groups is 3. The Hall–Kier alpha value is -2.88. The average molecular weight is 485 g/mol. The van der Waals surface area contributed by atoms with Gasteiger partial charge in [-0.15, -0.1) is 0 Å². The van der Waals surface area contributed by atoms with E-state index in [1.165, 1.54) is 37.8 Å². The maximum absolute atomic E-state index is 12.9. The summed E-state index contributed by atoms with van der Waals surface area (Å²) >= 11 is 0. The molecule has 1 aromatic carbocycles. The Labute approximate surface area is 196 Å². The molecule has 0 radical (unpaired) electrons. The third kappa shape index (κ3) is 8.16. The largest absolute Gasteiger partial charge is 0.478 e. The van der Waals surface area contributed by atoms with Crippen molar-refractivity contribution < 1.29 is 37.8 Å². The molecule has 2 N–H and O–H groups in total. The number of likely N-dealkylation sites (N-methyl/N-ethyl adjacent to an activating group) is 1. The fourth-order valence-electron chi connectivity index (χ4n) is 4.52. The van der Waals surface area contributed by atoms with Gasteiger partial charge in [0.1, 0.15) is 0 Å². The maximum atomic E-state index is 12.9. The van der Waals surface area contributed by atoms with Gasteiger partial charge in [0.05, 0.1) is 5.56 Å². The molecule has 2 fully saturated rings. The van der Waals surface area contributed by atoms with E-state index in [1.54, 1.807) is 11.9 Å². The third-order valence-corrected chi connectivity index (χ3v) is 6.20. The molecule has 3 rings (SSSR count). The molecule has 1 saturated heterocycles. The number of carbonyl (C=O) groups excluding carboxylic acids is 1. The van der Waals surface area contributed by atoms with Gasteiger partial charge in [-0.1, -0.05) is 19.3 Å². The second kappa shape index (κ2) is 12.5. The zero-order chi connectivity index (χ0) is 25.3. The number of hydrogen-bond acceptors (Lipinski definition) is 4. The molecule has 1 heterocycles. The number of benzene rings is 1. The molecule has 2 aliphatic rings. The van der Waals surface area contributed by atoms with Crippen LogP contribution in [0.2, 0.25) is 0 Å². The van der Waals surface area contributed by atoms with Gasteiger partial charge >= 0.3 is 18.1 Å². The number of carboxylic acid groups (broad SMARTS) is 2. The smallest absolute Gasteiger partial charge is 0.416 e. The summed E-state index contributed by atoms with van der Waals surface area (Å²) < 4.78 is 38.2. The van der Waals surface area contributed by atoms with Crippen LogP contribution in [-0.2, 0) is 15.8 Å². The lowest BCUT2D eigenvalue weighted by Gasteiger charge is -2.45. The van der Waals surface area contributed by atoms with Crippen molar-refractivity contribution >= 4 is 17.8 Å². The molecule has 188 valence electrons. The van der Waals surface area contributed by atoms with E-state index in [-0.39, 0.29) is 11.9 Å². The third-order valence-electron chi connectivity index (χ3n) is 6.20. The number of likely N-dealkylation sites (tertiary alicyclic amines) is 1. The first-order valence-corrected chi connectivity index (χ1v) is 11.3. The molecular weight excluding hydrogens is 453 g/mol. The molecule has 0 bridgehead atoms. The molecule has 7 nitrogen and oxygen atoms in total. The predicted octanol–water partition coefficient (Wildman–Crippen LogP) is 4.29. The van der Waals surface area contributed by atoms with E-state index in [0.717, 1.165) is 44.5 Å². The van der Waals surface area contributed by atoms with Gasteiger partial charge in [0.2, 0.25) is 0 Å². The zero-order valence-corrected chi connectivity index (χ0v) is 19.1. The number of alkyl halides is 3. The Balaban J connectivity index is 0.000000440. The van der Waals surface area contributed by atoms with Crippen molar-refractivity contribution in [2.75, 3.05) is 20.1 Å². The summed E-state index contributed by atoms with van der Waals surface area (Å²) in [4.78, 5) is 36.2. The second-order valence-corrected chi connectivity index (χ2v) is 8.52. The van der Waals surface area contributed by atoms with E-state index in [2.05, 4.69) is 4.90 Å². The number of aliphatic carboxylic acids is 2. The van der Waals surface area contributed by atoms with Gasteiger partial charge in [-0.05, 0) is 63.0 Å². The Morgan fingerprint density at radius 1 is 0.912 bits per heavy atom. The van der Waals surface area contributed by atoms with Gasteiger partial charge in [-0.2, -0.15) is 13.2 Å². The Bertz CT molecular complexity index is 848. The van der Waals surface area contributed by atoms with Crippen LogP contribution in [0.15, 0.2) is 36.4 Å². The summed E-state index contributed by atoms with van der Waals surface area (Å²) in [5, 5.41) is 15.6. The molecule has 0 aromatic heterocycles. The molecule has 1 aromatic rings. The fraction of sp³-hybridized carbons (Fsp3) is 0.542. The summed E-state index contributed by atoms with van der Waals surface area (Å²) in [7, 11) is 1.80. The van der Waals surface area contributed by atoms with Crippen molar-refractivity contribution in [1.82, 2.24) is 9.80 Å². The minimum atomic E-state index is -4.38. The summed E-state index contributed by atoms with van der Waals surface area (Å²) in [6.45, 7) is 2.17. The topological polar surface area (TPSA) is 98.2 Å². The standard InChI is InChI=1S/C20H27F3N2O.C4H4O4/c1-24(19(26)15-9-11-16(12-10-15)20(21,22)23)17-7-3-4-8-18(17)25-13-5-2-6-14-25;5-3(6)1-2-4(7)8/h9-12,17-18H,2-8,13-14H2,1H3;1-2H,(H,5,6)(H,7,8)/b;2-1+/t17-,18-;/m1./s1. The van der Waals surface area contributed by atoms with Crippen molar-refractivity contribution in [3.63, 3.8) is 0 Å². The van der Waals surface area contributed by atoms with Crippen molar-refractivity contribution in [1.29, 1.82) is 0 Å². The quantitative estimate of drug-likeness (QED) is 0.606. The fourth-order valence-corrected chi connectivity index (χ4v) is 4.52. The number of halogens is 3. The molecule has 0 spiro atoms. The van der Waals surface area contributed by atoms with Crippen LogP contribution < -0.4 is 0 Å². The Morgan fingerprint density at radius 2 is 1.44 bits per heavy atom. The highest BCUT2D eigenvalue weighted by molar-refractivity contribution is 5.94. The van der Waals surface area contributed by atoms with Crippen LogP contribution >= 0.6 is 0 Å². The molecule has 0 unspecified atom stereocenters. The van der Waals surface area contributed by atoms with Crippen LogP contribution in [0.5, 0.6) is 0 Å². The monoisotopic (exact) mass is 484 g/mol. The number of hydrogen-bond donors (Lipinski definition) is 2. The first kappa shape index (κ1) is 27.4. The van der Waals surface area contributed by atoms with Gasteiger partial charge in [0.15, 0.2) is 0 Å². The van der Waals surface area contributed by atoms with Crippen LogP contribution in [0.3, 0.4) is 0 Å². The lowest BCUT2D eigenvalue weighted by molar-refractivity contribution is -0.137. The van der Waals surface area contributed by atoms with Gasteiger partial charge in [0, 0.05) is 36.8 Å². The summed E-state index contributed by atoms with van der Waals surface area (Å²) in [5.41, 5.74) is -0.399. The SMILES string of the molecule is CN(C(=O)c1ccc(C(F)(F)F)cc1)[C@@H]1CCCC[C@H]1N1CCCCC1.O=C(O)/C=C/C(=O)O. The van der Waals surface area contributed by atoms with Gasteiger partial charge < -0.3 is 15.1 Å². The Morgan fingerprint density at radius 3 is 1.94 bits per heavy atom. The van der Waals surface area contributed by atoms with Crippen LogP contribution in [0.1, 0.15) is 60.9 Å². The van der Waals surface area contributed by atoms with E-state index >= 15 is 0 Å². The molecule has 10 heteroatoms. The highest BCUT2D eigenvalue weighted by Gasteiger charge is 2.35. The molecule has 1 aliphatic carbocycles. The second-order valence-electron chi connectivity index (χ2n) is 8.52. The first-order valence-electron chi connectivity index (χ1n) is 11.3. The van der Waals surface area contributed by atoms with Gasteiger partial charge in [-0.25, -0.2) is 9.59 Å². The predicted molar refractivity (Wildman–Crippen MR) is 119 cm³/mol. The number of nitrogens with zero attached hydrogens (tertiary/aromatic N) is 2. The highest BCUT2D eigenvalue weighted by atomic mass is 19.4. The molecule has 2 atom stereocenters. The van der Waals surface area contributed by atoms with Gasteiger partial charge in [0.25, 0.3) is 5.91 Å². The van der Waals surface area contributed by atoms with E-state index in [1.807, 2.05) is 0 Å². The lowest BCUT2D eigenvalue weighted by Crippen LogP contribution is -2.55. The van der Waals surface area contributed by atoms with Crippen molar-refractivity contribution in [3.05, 3.63) is 47.5 Å².